The van der Waals surface area contributed by atoms with Gasteiger partial charge >= 0.3 is 0 Å². The van der Waals surface area contributed by atoms with E-state index in [1.165, 1.54) is 0 Å². The first-order valence-electron chi connectivity index (χ1n) is 6.26. The standard InChI is InChI=1S/C15H15ClN2O2/c1-2-20-15-13(8-12(16)9-18-15)11-5-3-10(4-6-11)7-14(17)19/h3-6,8-9H,2,7H2,1H3,(H2,17,19). The van der Waals surface area contributed by atoms with Crippen molar-refractivity contribution in [2.24, 2.45) is 5.73 Å². The molecule has 0 radical (unpaired) electrons. The summed E-state index contributed by atoms with van der Waals surface area (Å²) < 4.78 is 5.50. The maximum Gasteiger partial charge on any atom is 0.221 e. The van der Waals surface area contributed by atoms with Crippen LogP contribution in [0.2, 0.25) is 5.02 Å². The molecule has 104 valence electrons. The molecule has 5 heteroatoms. The van der Waals surface area contributed by atoms with Crippen molar-refractivity contribution in [2.75, 3.05) is 6.61 Å². The average molecular weight is 291 g/mol. The topological polar surface area (TPSA) is 65.2 Å². The fourth-order valence-electron chi connectivity index (χ4n) is 1.89. The van der Waals surface area contributed by atoms with Gasteiger partial charge in [0.15, 0.2) is 0 Å². The second-order valence-corrected chi connectivity index (χ2v) is 4.72. The fourth-order valence-corrected chi connectivity index (χ4v) is 2.05. The van der Waals surface area contributed by atoms with E-state index in [9.17, 15) is 4.79 Å². The van der Waals surface area contributed by atoms with E-state index in [0.29, 0.717) is 17.5 Å². The van der Waals surface area contributed by atoms with Crippen molar-refractivity contribution in [1.29, 1.82) is 0 Å². The molecule has 0 saturated heterocycles. The lowest BCUT2D eigenvalue weighted by Gasteiger charge is -2.10. The summed E-state index contributed by atoms with van der Waals surface area (Å²) in [6.45, 7) is 2.43. The van der Waals surface area contributed by atoms with Crippen molar-refractivity contribution >= 4 is 17.5 Å². The van der Waals surface area contributed by atoms with E-state index in [0.717, 1.165) is 16.7 Å². The van der Waals surface area contributed by atoms with E-state index in [4.69, 9.17) is 22.1 Å². The largest absolute Gasteiger partial charge is 0.478 e. The van der Waals surface area contributed by atoms with Gasteiger partial charge in [-0.15, -0.1) is 0 Å². The smallest absolute Gasteiger partial charge is 0.221 e. The molecule has 1 aromatic heterocycles. The van der Waals surface area contributed by atoms with Crippen molar-refractivity contribution in [3.05, 3.63) is 47.1 Å². The molecule has 1 amide bonds. The molecule has 1 heterocycles. The molecule has 0 spiro atoms. The zero-order valence-electron chi connectivity index (χ0n) is 11.1. The van der Waals surface area contributed by atoms with E-state index in [1.807, 2.05) is 37.3 Å². The minimum Gasteiger partial charge on any atom is -0.478 e. The van der Waals surface area contributed by atoms with Crippen molar-refractivity contribution < 1.29 is 9.53 Å². The van der Waals surface area contributed by atoms with Crippen molar-refractivity contribution in [1.82, 2.24) is 4.98 Å². The molecular formula is C15H15ClN2O2. The zero-order valence-corrected chi connectivity index (χ0v) is 11.9. The Morgan fingerprint density at radius 3 is 2.65 bits per heavy atom. The minimum absolute atomic E-state index is 0.229. The van der Waals surface area contributed by atoms with Crippen LogP contribution >= 0.6 is 11.6 Å². The molecule has 0 fully saturated rings. The average Bonchev–Trinajstić information content (AvgIpc) is 2.41. The molecule has 20 heavy (non-hydrogen) atoms. The van der Waals surface area contributed by atoms with Gasteiger partial charge in [0.1, 0.15) is 0 Å². The maximum atomic E-state index is 10.9. The van der Waals surface area contributed by atoms with Gasteiger partial charge in [-0.1, -0.05) is 35.9 Å². The third-order valence-electron chi connectivity index (χ3n) is 2.74. The van der Waals surface area contributed by atoms with Crippen LogP contribution in [0.1, 0.15) is 12.5 Å². The Morgan fingerprint density at radius 2 is 2.05 bits per heavy atom. The molecule has 0 aliphatic heterocycles. The molecule has 2 N–H and O–H groups in total. The highest BCUT2D eigenvalue weighted by Crippen LogP contribution is 2.30. The number of ether oxygens (including phenoxy) is 1. The molecule has 2 rings (SSSR count). The number of amides is 1. The molecule has 0 atom stereocenters. The molecule has 2 aromatic rings. The molecule has 0 bridgehead atoms. The Bertz CT molecular complexity index is 612. The summed E-state index contributed by atoms with van der Waals surface area (Å²) in [5.41, 5.74) is 7.79. The predicted molar refractivity (Wildman–Crippen MR) is 78.8 cm³/mol. The van der Waals surface area contributed by atoms with Crippen LogP contribution < -0.4 is 10.5 Å². The number of benzene rings is 1. The van der Waals surface area contributed by atoms with Crippen molar-refractivity contribution in [3.8, 4) is 17.0 Å². The first kappa shape index (κ1) is 14.3. The van der Waals surface area contributed by atoms with Gasteiger partial charge in [0.25, 0.3) is 0 Å². The number of carbonyl (C=O) groups excluding carboxylic acids is 1. The van der Waals surface area contributed by atoms with E-state index in [2.05, 4.69) is 4.98 Å². The number of primary amides is 1. The third kappa shape index (κ3) is 3.48. The predicted octanol–water partition coefficient (Wildman–Crippen LogP) is 2.83. The minimum atomic E-state index is -0.350. The van der Waals surface area contributed by atoms with Crippen molar-refractivity contribution in [3.63, 3.8) is 0 Å². The second-order valence-electron chi connectivity index (χ2n) is 4.28. The maximum absolute atomic E-state index is 10.9. The number of carbonyl (C=O) groups is 1. The number of halogens is 1. The number of nitrogens with zero attached hydrogens (tertiary/aromatic N) is 1. The number of hydrogen-bond acceptors (Lipinski definition) is 3. The van der Waals surface area contributed by atoms with Crippen LogP contribution in [0, 0.1) is 0 Å². The Balaban J connectivity index is 2.35. The van der Waals surface area contributed by atoms with Gasteiger partial charge in [-0.2, -0.15) is 0 Å². The van der Waals surface area contributed by atoms with Gasteiger partial charge < -0.3 is 10.5 Å². The van der Waals surface area contributed by atoms with Crippen LogP contribution in [0.4, 0.5) is 0 Å². The number of aromatic nitrogens is 1. The quantitative estimate of drug-likeness (QED) is 0.921. The zero-order chi connectivity index (χ0) is 14.5. The van der Waals surface area contributed by atoms with Crippen LogP contribution in [0.25, 0.3) is 11.1 Å². The lowest BCUT2D eigenvalue weighted by molar-refractivity contribution is -0.117. The van der Waals surface area contributed by atoms with Gasteiger partial charge in [0.2, 0.25) is 11.8 Å². The van der Waals surface area contributed by atoms with E-state index >= 15 is 0 Å². The Kier molecular flexibility index (Phi) is 4.58. The van der Waals surface area contributed by atoms with Crippen LogP contribution in [-0.2, 0) is 11.2 Å². The SMILES string of the molecule is CCOc1ncc(Cl)cc1-c1ccc(CC(N)=O)cc1. The first-order valence-corrected chi connectivity index (χ1v) is 6.64. The van der Waals surface area contributed by atoms with Gasteiger partial charge in [0.05, 0.1) is 18.1 Å². The van der Waals surface area contributed by atoms with Gasteiger partial charge in [-0.3, -0.25) is 4.79 Å². The molecule has 0 aliphatic carbocycles. The van der Waals surface area contributed by atoms with E-state index < -0.39 is 0 Å². The Hall–Kier alpha value is -2.07. The molecule has 0 saturated carbocycles. The highest BCUT2D eigenvalue weighted by molar-refractivity contribution is 6.30. The summed E-state index contributed by atoms with van der Waals surface area (Å²) in [6.07, 6.45) is 1.78. The summed E-state index contributed by atoms with van der Waals surface area (Å²) in [5, 5.41) is 0.546. The summed E-state index contributed by atoms with van der Waals surface area (Å²) in [4.78, 5) is 15.1. The number of pyridine rings is 1. The van der Waals surface area contributed by atoms with Crippen LogP contribution in [-0.4, -0.2) is 17.5 Å². The number of rotatable bonds is 5. The van der Waals surface area contributed by atoms with Gasteiger partial charge in [0, 0.05) is 11.8 Å². The number of hydrogen-bond donors (Lipinski definition) is 1. The molecule has 0 unspecified atom stereocenters. The summed E-state index contributed by atoms with van der Waals surface area (Å²) in [5.74, 6) is 0.191. The van der Waals surface area contributed by atoms with Crippen molar-refractivity contribution in [2.45, 2.75) is 13.3 Å². The fraction of sp³-hybridized carbons (Fsp3) is 0.200. The van der Waals surface area contributed by atoms with Crippen LogP contribution in [0.5, 0.6) is 5.88 Å². The van der Waals surface area contributed by atoms with E-state index in [-0.39, 0.29) is 12.3 Å². The highest BCUT2D eigenvalue weighted by atomic mass is 35.5. The first-order chi connectivity index (χ1) is 9.60. The van der Waals surface area contributed by atoms with Gasteiger partial charge in [-0.05, 0) is 24.1 Å². The lowest BCUT2D eigenvalue weighted by Crippen LogP contribution is -2.13. The monoisotopic (exact) mass is 290 g/mol. The van der Waals surface area contributed by atoms with Crippen LogP contribution in [0.3, 0.4) is 0 Å². The van der Waals surface area contributed by atoms with Gasteiger partial charge in [-0.25, -0.2) is 4.98 Å². The summed E-state index contributed by atoms with van der Waals surface area (Å²) >= 11 is 5.99. The van der Waals surface area contributed by atoms with E-state index in [1.54, 1.807) is 6.20 Å². The Labute approximate surface area is 122 Å². The van der Waals surface area contributed by atoms with Crippen LogP contribution in [0.15, 0.2) is 36.5 Å². The lowest BCUT2D eigenvalue weighted by atomic mass is 10.0. The number of nitrogens with two attached hydrogens (primary N) is 1. The summed E-state index contributed by atoms with van der Waals surface area (Å²) in [7, 11) is 0. The summed E-state index contributed by atoms with van der Waals surface area (Å²) in [6, 6.07) is 9.32. The Morgan fingerprint density at radius 1 is 1.35 bits per heavy atom. The molecule has 4 nitrogen and oxygen atoms in total. The second kappa shape index (κ2) is 6.39. The normalized spacial score (nSPS) is 10.3. The third-order valence-corrected chi connectivity index (χ3v) is 2.95. The molecule has 0 aliphatic rings. The highest BCUT2D eigenvalue weighted by Gasteiger charge is 2.09. The molecule has 1 aromatic carbocycles. The molecular weight excluding hydrogens is 276 g/mol.